The first kappa shape index (κ1) is 25.2. The van der Waals surface area contributed by atoms with Crippen molar-refractivity contribution in [2.75, 3.05) is 31.1 Å². The van der Waals surface area contributed by atoms with Crippen molar-refractivity contribution in [3.8, 4) is 0 Å². The van der Waals surface area contributed by atoms with E-state index < -0.39 is 20.8 Å². The van der Waals surface area contributed by atoms with Gasteiger partial charge < -0.3 is 10.2 Å². The summed E-state index contributed by atoms with van der Waals surface area (Å²) < 4.78 is 40.4. The molecular formula is C27H31FN4O5S. The Morgan fingerprint density at radius 3 is 2.11 bits per heavy atom. The van der Waals surface area contributed by atoms with E-state index in [1.165, 1.54) is 54.6 Å². The minimum atomic E-state index is -3.80. The number of amides is 1. The molecule has 0 spiro atoms. The Hall–Kier alpha value is -3.05. The van der Waals surface area contributed by atoms with Gasteiger partial charge in [-0.15, -0.1) is 0 Å². The molecule has 11 heteroatoms. The quantitative estimate of drug-likeness (QED) is 0.439. The Morgan fingerprint density at radius 1 is 0.921 bits per heavy atom. The fourth-order valence-electron chi connectivity index (χ4n) is 7.40. The number of benzene rings is 2. The van der Waals surface area contributed by atoms with Crippen LogP contribution in [0.4, 0.5) is 15.8 Å². The van der Waals surface area contributed by atoms with E-state index in [4.69, 9.17) is 0 Å². The van der Waals surface area contributed by atoms with Crippen LogP contribution in [0.1, 0.15) is 42.5 Å². The van der Waals surface area contributed by atoms with Gasteiger partial charge in [-0.2, -0.15) is 4.31 Å². The average Bonchev–Trinajstić information content (AvgIpc) is 2.90. The Balaban J connectivity index is 1.15. The van der Waals surface area contributed by atoms with Crippen molar-refractivity contribution in [3.05, 3.63) is 64.0 Å². The second kappa shape index (κ2) is 9.60. The van der Waals surface area contributed by atoms with Gasteiger partial charge in [0.1, 0.15) is 11.5 Å². The number of anilines is 1. The molecule has 9 nitrogen and oxygen atoms in total. The van der Waals surface area contributed by atoms with Crippen LogP contribution >= 0.6 is 0 Å². The first-order valence-electron chi connectivity index (χ1n) is 13.3. The Labute approximate surface area is 221 Å². The molecular weight excluding hydrogens is 511 g/mol. The van der Waals surface area contributed by atoms with Crippen LogP contribution in [-0.2, 0) is 10.0 Å². The van der Waals surface area contributed by atoms with Gasteiger partial charge in [0, 0.05) is 43.9 Å². The number of hydrogen-bond donors (Lipinski definition) is 1. The summed E-state index contributed by atoms with van der Waals surface area (Å²) >= 11 is 0. The second-order valence-electron chi connectivity index (χ2n) is 11.2. The second-order valence-corrected chi connectivity index (χ2v) is 13.2. The van der Waals surface area contributed by atoms with E-state index >= 15 is 0 Å². The molecule has 0 atom stereocenters. The van der Waals surface area contributed by atoms with Crippen molar-refractivity contribution in [1.29, 1.82) is 0 Å². The highest BCUT2D eigenvalue weighted by molar-refractivity contribution is 7.89. The summed E-state index contributed by atoms with van der Waals surface area (Å²) in [6.45, 7) is 0.762. The zero-order chi connectivity index (χ0) is 26.6. The van der Waals surface area contributed by atoms with Crippen molar-refractivity contribution in [1.82, 2.24) is 9.62 Å². The summed E-state index contributed by atoms with van der Waals surface area (Å²) in [6.07, 6.45) is 5.99. The maximum atomic E-state index is 13.2. The largest absolute Gasteiger partial charge is 0.363 e. The van der Waals surface area contributed by atoms with Gasteiger partial charge in [0.2, 0.25) is 10.0 Å². The predicted octanol–water partition coefficient (Wildman–Crippen LogP) is 3.80. The van der Waals surface area contributed by atoms with Gasteiger partial charge in [0.05, 0.1) is 9.82 Å². The third kappa shape index (κ3) is 4.55. The highest BCUT2D eigenvalue weighted by atomic mass is 32.2. The number of halogens is 1. The van der Waals surface area contributed by atoms with Crippen molar-refractivity contribution < 1.29 is 22.5 Å². The maximum Gasteiger partial charge on any atom is 0.293 e. The molecule has 0 radical (unpaired) electrons. The number of nitro groups is 1. The van der Waals surface area contributed by atoms with Crippen LogP contribution in [0, 0.1) is 39.6 Å². The molecule has 2 aromatic rings. The van der Waals surface area contributed by atoms with Gasteiger partial charge >= 0.3 is 0 Å². The van der Waals surface area contributed by atoms with Gasteiger partial charge in [0.25, 0.3) is 11.6 Å². The average molecular weight is 543 g/mol. The fraction of sp³-hybridized carbons (Fsp3) is 0.519. The van der Waals surface area contributed by atoms with E-state index in [0.29, 0.717) is 17.5 Å². The minimum Gasteiger partial charge on any atom is -0.363 e. The molecule has 1 amide bonds. The molecule has 1 N–H and O–H groups in total. The third-order valence-corrected chi connectivity index (χ3v) is 10.9. The molecule has 4 bridgehead atoms. The van der Waals surface area contributed by atoms with Crippen LogP contribution in [0.15, 0.2) is 47.4 Å². The first-order chi connectivity index (χ1) is 18.2. The molecule has 202 valence electrons. The lowest BCUT2D eigenvalue weighted by Crippen LogP contribution is -2.55. The van der Waals surface area contributed by atoms with Crippen molar-refractivity contribution >= 4 is 27.3 Å². The molecule has 38 heavy (non-hydrogen) atoms. The lowest BCUT2D eigenvalue weighted by atomic mass is 9.54. The SMILES string of the molecule is O=C(NC1C2CC3CC(C2)CC1C3)c1ccc(N2CCN(S(=O)(=O)c3ccc(F)cc3)CC2)c([N+](=O)[O-])c1. The predicted molar refractivity (Wildman–Crippen MR) is 139 cm³/mol. The van der Waals surface area contributed by atoms with E-state index in [9.17, 15) is 27.7 Å². The molecule has 5 fully saturated rings. The molecule has 4 aliphatic carbocycles. The number of nitrogens with zero attached hydrogens (tertiary/aromatic N) is 3. The number of piperazine rings is 1. The van der Waals surface area contributed by atoms with Crippen LogP contribution in [0.25, 0.3) is 0 Å². The van der Waals surface area contributed by atoms with Gasteiger partial charge in [-0.3, -0.25) is 14.9 Å². The van der Waals surface area contributed by atoms with Gasteiger partial charge in [0.15, 0.2) is 0 Å². The molecule has 2 aromatic carbocycles. The third-order valence-electron chi connectivity index (χ3n) is 8.99. The minimum absolute atomic E-state index is 0.00725. The number of nitro benzene ring substituents is 1. The number of hydrogen-bond acceptors (Lipinski definition) is 6. The highest BCUT2D eigenvalue weighted by Gasteiger charge is 2.48. The lowest BCUT2D eigenvalue weighted by Gasteiger charge is -2.54. The summed E-state index contributed by atoms with van der Waals surface area (Å²) in [5, 5.41) is 15.2. The van der Waals surface area contributed by atoms with Gasteiger partial charge in [-0.25, -0.2) is 12.8 Å². The van der Waals surface area contributed by atoms with E-state index in [2.05, 4.69) is 5.32 Å². The van der Waals surface area contributed by atoms with Gasteiger partial charge in [-0.05, 0) is 92.2 Å². The van der Waals surface area contributed by atoms with Crippen LogP contribution < -0.4 is 10.2 Å². The van der Waals surface area contributed by atoms with Crippen molar-refractivity contribution in [3.63, 3.8) is 0 Å². The topological polar surface area (TPSA) is 113 Å². The zero-order valence-electron chi connectivity index (χ0n) is 21.0. The molecule has 0 aromatic heterocycles. The summed E-state index contributed by atoms with van der Waals surface area (Å²) in [6, 6.07) is 9.36. The Kier molecular flexibility index (Phi) is 6.38. The van der Waals surface area contributed by atoms with Crippen LogP contribution in [0.2, 0.25) is 0 Å². The monoisotopic (exact) mass is 542 g/mol. The summed E-state index contributed by atoms with van der Waals surface area (Å²) in [5.41, 5.74) is 0.462. The number of carbonyl (C=O) groups excluding carboxylic acids is 1. The summed E-state index contributed by atoms with van der Waals surface area (Å²) in [7, 11) is -3.80. The van der Waals surface area contributed by atoms with E-state index in [1.807, 2.05) is 0 Å². The first-order valence-corrected chi connectivity index (χ1v) is 14.7. The smallest absolute Gasteiger partial charge is 0.293 e. The summed E-state index contributed by atoms with van der Waals surface area (Å²) in [4.78, 5) is 26.4. The highest BCUT2D eigenvalue weighted by Crippen LogP contribution is 2.53. The number of nitrogens with one attached hydrogen (secondary N) is 1. The molecule has 5 aliphatic rings. The standard InChI is InChI=1S/C27H31FN4O5S/c28-22-2-4-23(5-3-22)38(36,37)31-9-7-30(8-10-31)24-6-1-19(16-25(24)32(34)35)27(33)29-26-20-12-17-11-18(14-20)15-21(26)13-17/h1-6,16-18,20-21,26H,7-15H2,(H,29,33). The van der Waals surface area contributed by atoms with E-state index in [1.54, 1.807) is 17.0 Å². The van der Waals surface area contributed by atoms with Crippen LogP contribution in [0.3, 0.4) is 0 Å². The van der Waals surface area contributed by atoms with Crippen molar-refractivity contribution in [2.24, 2.45) is 23.7 Å². The number of sulfonamides is 1. The van der Waals surface area contributed by atoms with Crippen LogP contribution in [0.5, 0.6) is 0 Å². The van der Waals surface area contributed by atoms with Gasteiger partial charge in [-0.1, -0.05) is 0 Å². The summed E-state index contributed by atoms with van der Waals surface area (Å²) in [5.74, 6) is 1.80. The lowest BCUT2D eigenvalue weighted by molar-refractivity contribution is -0.384. The van der Waals surface area contributed by atoms with Crippen molar-refractivity contribution in [2.45, 2.75) is 43.0 Å². The molecule has 1 saturated heterocycles. The molecule has 0 unspecified atom stereocenters. The molecule has 1 aliphatic heterocycles. The fourth-order valence-corrected chi connectivity index (χ4v) is 8.82. The molecule has 1 heterocycles. The molecule has 4 saturated carbocycles. The maximum absolute atomic E-state index is 13.2. The van der Waals surface area contributed by atoms with E-state index in [-0.39, 0.29) is 54.3 Å². The Bertz CT molecular complexity index is 1330. The normalized spacial score (nSPS) is 28.9. The van der Waals surface area contributed by atoms with E-state index in [0.717, 1.165) is 24.0 Å². The number of rotatable bonds is 6. The van der Waals surface area contributed by atoms with Crippen LogP contribution in [-0.4, -0.2) is 55.8 Å². The zero-order valence-corrected chi connectivity index (χ0v) is 21.8. The Morgan fingerprint density at radius 2 is 1.53 bits per heavy atom. The number of carbonyl (C=O) groups is 1. The molecule has 7 rings (SSSR count).